The number of rotatable bonds is 3. The molecule has 1 aliphatic heterocycles. The van der Waals surface area contributed by atoms with Gasteiger partial charge in [0.2, 0.25) is 0 Å². The molecule has 4 nitrogen and oxygen atoms in total. The molecule has 2 heterocycles. The second kappa shape index (κ2) is 4.35. The number of nitrogens with zero attached hydrogens (tertiary/aromatic N) is 2. The maximum absolute atomic E-state index is 6.04. The third kappa shape index (κ3) is 2.07. The first kappa shape index (κ1) is 10.7. The summed E-state index contributed by atoms with van der Waals surface area (Å²) in [5.41, 5.74) is 7.85. The number of nitrogens with two attached hydrogens (primary N) is 1. The standard InChI is InChI=1S/C10H18N4S/c1-3-8-9(11)10(14(2)13-8)12-7-4-5-15-6-7/h7,12H,3-6,11H2,1-2H3. The van der Waals surface area contributed by atoms with Crippen LogP contribution in [0.3, 0.4) is 0 Å². The van der Waals surface area contributed by atoms with Crippen LogP contribution in [-0.2, 0) is 13.5 Å². The molecule has 1 unspecified atom stereocenters. The molecule has 2 rings (SSSR count). The van der Waals surface area contributed by atoms with Crippen molar-refractivity contribution in [1.29, 1.82) is 0 Å². The summed E-state index contributed by atoms with van der Waals surface area (Å²) in [5.74, 6) is 3.40. The molecular weight excluding hydrogens is 208 g/mol. The molecule has 1 aliphatic rings. The number of hydrogen-bond donors (Lipinski definition) is 2. The van der Waals surface area contributed by atoms with Crippen molar-refractivity contribution in [3.63, 3.8) is 0 Å². The summed E-state index contributed by atoms with van der Waals surface area (Å²) < 4.78 is 1.86. The Morgan fingerprint density at radius 3 is 3.00 bits per heavy atom. The van der Waals surface area contributed by atoms with Crippen LogP contribution < -0.4 is 11.1 Å². The van der Waals surface area contributed by atoms with Crippen LogP contribution in [0.4, 0.5) is 11.5 Å². The molecule has 5 heteroatoms. The lowest BCUT2D eigenvalue weighted by Gasteiger charge is -2.13. The van der Waals surface area contributed by atoms with Crippen molar-refractivity contribution in [2.75, 3.05) is 22.6 Å². The van der Waals surface area contributed by atoms with Gasteiger partial charge in [-0.1, -0.05) is 6.92 Å². The van der Waals surface area contributed by atoms with Crippen LogP contribution in [0.15, 0.2) is 0 Å². The Hall–Kier alpha value is -0.840. The molecule has 1 aromatic rings. The summed E-state index contributed by atoms with van der Waals surface area (Å²) in [5, 5.41) is 7.88. The first-order valence-electron chi connectivity index (χ1n) is 5.38. The van der Waals surface area contributed by atoms with E-state index in [2.05, 4.69) is 17.3 Å². The van der Waals surface area contributed by atoms with Gasteiger partial charge in [0.1, 0.15) is 5.82 Å². The zero-order valence-corrected chi connectivity index (χ0v) is 10.1. The van der Waals surface area contributed by atoms with Crippen molar-refractivity contribution in [3.05, 3.63) is 5.69 Å². The minimum Gasteiger partial charge on any atom is -0.394 e. The summed E-state index contributed by atoms with van der Waals surface area (Å²) in [4.78, 5) is 0. The van der Waals surface area contributed by atoms with Crippen LogP contribution >= 0.6 is 11.8 Å². The Labute approximate surface area is 94.6 Å². The third-order valence-corrected chi connectivity index (χ3v) is 3.93. The maximum Gasteiger partial charge on any atom is 0.148 e. The summed E-state index contributed by atoms with van der Waals surface area (Å²) >= 11 is 1.99. The van der Waals surface area contributed by atoms with Crippen LogP contribution in [0.5, 0.6) is 0 Å². The van der Waals surface area contributed by atoms with Crippen molar-refractivity contribution in [2.45, 2.75) is 25.8 Å². The van der Waals surface area contributed by atoms with E-state index in [9.17, 15) is 0 Å². The van der Waals surface area contributed by atoms with Crippen molar-refractivity contribution in [1.82, 2.24) is 9.78 Å². The number of hydrogen-bond acceptors (Lipinski definition) is 4. The van der Waals surface area contributed by atoms with E-state index in [1.807, 2.05) is 23.5 Å². The number of aryl methyl sites for hydroxylation is 2. The van der Waals surface area contributed by atoms with Crippen LogP contribution in [-0.4, -0.2) is 27.3 Å². The van der Waals surface area contributed by atoms with Gasteiger partial charge in [0, 0.05) is 18.8 Å². The fourth-order valence-electron chi connectivity index (χ4n) is 1.87. The molecule has 3 N–H and O–H groups in total. The second-order valence-corrected chi connectivity index (χ2v) is 5.04. The van der Waals surface area contributed by atoms with E-state index in [0.717, 1.165) is 23.6 Å². The van der Waals surface area contributed by atoms with Gasteiger partial charge in [0.05, 0.1) is 11.4 Å². The van der Waals surface area contributed by atoms with Crippen LogP contribution in [0.1, 0.15) is 19.0 Å². The van der Waals surface area contributed by atoms with Gasteiger partial charge in [-0.15, -0.1) is 0 Å². The number of aromatic nitrogens is 2. The largest absolute Gasteiger partial charge is 0.394 e. The quantitative estimate of drug-likeness (QED) is 0.819. The van der Waals surface area contributed by atoms with Gasteiger partial charge in [0.15, 0.2) is 0 Å². The Bertz CT molecular complexity index is 341. The number of nitrogen functional groups attached to an aromatic ring is 1. The molecule has 0 aliphatic carbocycles. The lowest BCUT2D eigenvalue weighted by atomic mass is 10.2. The van der Waals surface area contributed by atoms with Gasteiger partial charge in [-0.2, -0.15) is 16.9 Å². The third-order valence-electron chi connectivity index (χ3n) is 2.77. The van der Waals surface area contributed by atoms with E-state index in [0.29, 0.717) is 6.04 Å². The highest BCUT2D eigenvalue weighted by Gasteiger charge is 2.19. The SMILES string of the molecule is CCc1nn(C)c(NC2CCSC2)c1N. The molecular formula is C10H18N4S. The van der Waals surface area contributed by atoms with Crippen molar-refractivity contribution >= 4 is 23.3 Å². The predicted molar refractivity (Wildman–Crippen MR) is 66.4 cm³/mol. The second-order valence-electron chi connectivity index (χ2n) is 3.89. The van der Waals surface area contributed by atoms with Gasteiger partial charge in [-0.25, -0.2) is 0 Å². The van der Waals surface area contributed by atoms with Gasteiger partial charge in [0.25, 0.3) is 0 Å². The van der Waals surface area contributed by atoms with Crippen molar-refractivity contribution in [2.24, 2.45) is 7.05 Å². The lowest BCUT2D eigenvalue weighted by Crippen LogP contribution is -2.20. The Balaban J connectivity index is 2.15. The molecule has 0 radical (unpaired) electrons. The smallest absolute Gasteiger partial charge is 0.148 e. The predicted octanol–water partition coefficient (Wildman–Crippen LogP) is 1.48. The summed E-state index contributed by atoms with van der Waals surface area (Å²) in [6, 6.07) is 0.553. The van der Waals surface area contributed by atoms with Crippen LogP contribution in [0, 0.1) is 0 Å². The minimum absolute atomic E-state index is 0.553. The number of nitrogens with one attached hydrogen (secondary N) is 1. The zero-order chi connectivity index (χ0) is 10.8. The highest BCUT2D eigenvalue weighted by Crippen LogP contribution is 2.26. The molecule has 1 fully saturated rings. The van der Waals surface area contributed by atoms with Crippen molar-refractivity contribution in [3.8, 4) is 0 Å². The molecule has 1 saturated heterocycles. The summed E-state index contributed by atoms with van der Waals surface area (Å²) in [7, 11) is 1.94. The molecule has 15 heavy (non-hydrogen) atoms. The fourth-order valence-corrected chi connectivity index (χ4v) is 3.02. The number of anilines is 2. The first-order valence-corrected chi connectivity index (χ1v) is 6.53. The lowest BCUT2D eigenvalue weighted by molar-refractivity contribution is 0.725. The van der Waals surface area contributed by atoms with Gasteiger partial charge in [-0.05, 0) is 18.6 Å². The molecule has 0 spiro atoms. The van der Waals surface area contributed by atoms with E-state index >= 15 is 0 Å². The van der Waals surface area contributed by atoms with Crippen LogP contribution in [0.25, 0.3) is 0 Å². The zero-order valence-electron chi connectivity index (χ0n) is 9.29. The van der Waals surface area contributed by atoms with Crippen molar-refractivity contribution < 1.29 is 0 Å². The Kier molecular flexibility index (Phi) is 3.09. The first-order chi connectivity index (χ1) is 7.22. The van der Waals surface area contributed by atoms with E-state index in [4.69, 9.17) is 5.73 Å². The maximum atomic E-state index is 6.04. The molecule has 84 valence electrons. The highest BCUT2D eigenvalue weighted by atomic mass is 32.2. The average Bonchev–Trinajstić information content (AvgIpc) is 2.81. The molecule has 1 atom stereocenters. The van der Waals surface area contributed by atoms with E-state index in [1.165, 1.54) is 17.9 Å². The monoisotopic (exact) mass is 226 g/mol. The molecule has 0 bridgehead atoms. The average molecular weight is 226 g/mol. The normalized spacial score (nSPS) is 20.8. The summed E-state index contributed by atoms with van der Waals surface area (Å²) in [6.45, 7) is 2.08. The molecule has 0 aromatic carbocycles. The summed E-state index contributed by atoms with van der Waals surface area (Å²) in [6.07, 6.45) is 2.11. The Morgan fingerprint density at radius 1 is 1.67 bits per heavy atom. The molecule has 0 saturated carbocycles. The minimum atomic E-state index is 0.553. The molecule has 0 amide bonds. The van der Waals surface area contributed by atoms with E-state index in [1.54, 1.807) is 0 Å². The molecule has 1 aromatic heterocycles. The highest BCUT2D eigenvalue weighted by molar-refractivity contribution is 7.99. The Morgan fingerprint density at radius 2 is 2.47 bits per heavy atom. The van der Waals surface area contributed by atoms with E-state index in [-0.39, 0.29) is 0 Å². The van der Waals surface area contributed by atoms with Gasteiger partial charge in [-0.3, -0.25) is 4.68 Å². The van der Waals surface area contributed by atoms with E-state index < -0.39 is 0 Å². The van der Waals surface area contributed by atoms with Gasteiger partial charge < -0.3 is 11.1 Å². The number of thioether (sulfide) groups is 1. The fraction of sp³-hybridized carbons (Fsp3) is 0.700. The topological polar surface area (TPSA) is 55.9 Å². The van der Waals surface area contributed by atoms with Crippen LogP contribution in [0.2, 0.25) is 0 Å². The van der Waals surface area contributed by atoms with Gasteiger partial charge >= 0.3 is 0 Å².